The lowest BCUT2D eigenvalue weighted by molar-refractivity contribution is -0.132. The first kappa shape index (κ1) is 16.0. The average Bonchev–Trinajstić information content (AvgIpc) is 3.11. The molecule has 7 heteroatoms. The molecule has 3 heterocycles. The van der Waals surface area contributed by atoms with E-state index in [4.69, 9.17) is 0 Å². The Balaban J connectivity index is 1.63. The fourth-order valence-electron chi connectivity index (χ4n) is 2.98. The van der Waals surface area contributed by atoms with Crippen molar-refractivity contribution in [1.29, 1.82) is 0 Å². The third-order valence-corrected chi connectivity index (χ3v) is 5.44. The first-order valence-corrected chi connectivity index (χ1v) is 9.07. The number of amides is 1. The molecular weight excluding hydrogens is 336 g/mol. The number of hydrogen-bond donors (Lipinski definition) is 1. The molecule has 0 unspecified atom stereocenters. The highest BCUT2D eigenvalue weighted by atomic mass is 32.1. The van der Waals surface area contributed by atoms with Gasteiger partial charge >= 0.3 is 0 Å². The molecule has 25 heavy (non-hydrogen) atoms. The fraction of sp³-hybridized carbons (Fsp3) is 0.278. The van der Waals surface area contributed by atoms with Crippen LogP contribution in [0.15, 0.2) is 47.5 Å². The van der Waals surface area contributed by atoms with Crippen molar-refractivity contribution in [3.8, 4) is 10.4 Å². The molecule has 2 aromatic heterocycles. The number of piperazine rings is 1. The predicted octanol–water partition coefficient (Wildman–Crippen LogP) is 1.56. The van der Waals surface area contributed by atoms with Crippen LogP contribution >= 0.6 is 11.3 Å². The van der Waals surface area contributed by atoms with E-state index in [9.17, 15) is 9.59 Å². The number of benzene rings is 1. The quantitative estimate of drug-likeness (QED) is 0.775. The highest BCUT2D eigenvalue weighted by Crippen LogP contribution is 2.30. The molecule has 1 saturated heterocycles. The first-order valence-electron chi connectivity index (χ1n) is 8.25. The van der Waals surface area contributed by atoms with Crippen LogP contribution in [0.1, 0.15) is 0 Å². The smallest absolute Gasteiger partial charge is 0.262 e. The zero-order valence-electron chi connectivity index (χ0n) is 13.6. The summed E-state index contributed by atoms with van der Waals surface area (Å²) in [4.78, 5) is 33.0. The summed E-state index contributed by atoms with van der Waals surface area (Å²) in [6, 6.07) is 11.8. The SMILES string of the molecule is O=C(Cn1cnc2sc(-c3ccccc3)cc2c1=O)N1CCNCC1. The maximum Gasteiger partial charge on any atom is 0.262 e. The molecule has 1 aliphatic rings. The topological polar surface area (TPSA) is 67.2 Å². The zero-order chi connectivity index (χ0) is 17.2. The van der Waals surface area contributed by atoms with Crippen LogP contribution in [0.2, 0.25) is 0 Å². The molecule has 0 saturated carbocycles. The van der Waals surface area contributed by atoms with Gasteiger partial charge in [0.2, 0.25) is 5.91 Å². The van der Waals surface area contributed by atoms with Gasteiger partial charge in [0.15, 0.2) is 0 Å². The molecule has 1 aliphatic heterocycles. The molecule has 1 N–H and O–H groups in total. The van der Waals surface area contributed by atoms with Crippen molar-refractivity contribution in [2.75, 3.05) is 26.2 Å². The second-order valence-corrected chi connectivity index (χ2v) is 7.03. The van der Waals surface area contributed by atoms with E-state index in [1.807, 2.05) is 36.4 Å². The van der Waals surface area contributed by atoms with Gasteiger partial charge in [0.05, 0.1) is 11.7 Å². The number of rotatable bonds is 3. The van der Waals surface area contributed by atoms with Crippen molar-refractivity contribution in [2.45, 2.75) is 6.54 Å². The van der Waals surface area contributed by atoms with Gasteiger partial charge in [-0.15, -0.1) is 11.3 Å². The van der Waals surface area contributed by atoms with E-state index in [-0.39, 0.29) is 18.0 Å². The molecule has 3 aromatic rings. The molecule has 128 valence electrons. The number of thiophene rings is 1. The fourth-order valence-corrected chi connectivity index (χ4v) is 3.97. The summed E-state index contributed by atoms with van der Waals surface area (Å²) in [6.07, 6.45) is 1.48. The van der Waals surface area contributed by atoms with E-state index < -0.39 is 0 Å². The molecule has 4 rings (SSSR count). The van der Waals surface area contributed by atoms with E-state index in [0.717, 1.165) is 23.5 Å². The molecule has 0 bridgehead atoms. The molecule has 1 aromatic carbocycles. The van der Waals surface area contributed by atoms with Crippen molar-refractivity contribution in [2.24, 2.45) is 0 Å². The van der Waals surface area contributed by atoms with Gasteiger partial charge in [0, 0.05) is 31.1 Å². The van der Waals surface area contributed by atoms with E-state index in [2.05, 4.69) is 10.3 Å². The minimum Gasteiger partial charge on any atom is -0.339 e. The number of nitrogens with one attached hydrogen (secondary N) is 1. The molecule has 0 radical (unpaired) electrons. The van der Waals surface area contributed by atoms with Gasteiger partial charge in [0.25, 0.3) is 5.56 Å². The Morgan fingerprint density at radius 3 is 2.72 bits per heavy atom. The van der Waals surface area contributed by atoms with E-state index >= 15 is 0 Å². The van der Waals surface area contributed by atoms with Gasteiger partial charge in [-0.1, -0.05) is 30.3 Å². The summed E-state index contributed by atoms with van der Waals surface area (Å²) in [5.74, 6) is -0.0386. The van der Waals surface area contributed by atoms with E-state index in [0.29, 0.717) is 23.3 Å². The van der Waals surface area contributed by atoms with Crippen LogP contribution in [0.4, 0.5) is 0 Å². The number of hydrogen-bond acceptors (Lipinski definition) is 5. The second-order valence-electron chi connectivity index (χ2n) is 6.00. The largest absolute Gasteiger partial charge is 0.339 e. The molecule has 6 nitrogen and oxygen atoms in total. The average molecular weight is 354 g/mol. The monoisotopic (exact) mass is 354 g/mol. The summed E-state index contributed by atoms with van der Waals surface area (Å²) >= 11 is 1.49. The summed E-state index contributed by atoms with van der Waals surface area (Å²) in [6.45, 7) is 2.99. The van der Waals surface area contributed by atoms with Crippen LogP contribution in [0.5, 0.6) is 0 Å². The summed E-state index contributed by atoms with van der Waals surface area (Å²) in [5.41, 5.74) is 0.903. The Morgan fingerprint density at radius 2 is 1.96 bits per heavy atom. The van der Waals surface area contributed by atoms with Gasteiger partial charge in [-0.05, 0) is 11.6 Å². The molecule has 1 fully saturated rings. The van der Waals surface area contributed by atoms with Crippen LogP contribution in [0.25, 0.3) is 20.7 Å². The summed E-state index contributed by atoms with van der Waals surface area (Å²) in [7, 11) is 0. The van der Waals surface area contributed by atoms with Crippen LogP contribution in [0.3, 0.4) is 0 Å². The Bertz CT molecular complexity index is 958. The number of fused-ring (bicyclic) bond motifs is 1. The second kappa shape index (κ2) is 6.78. The van der Waals surface area contributed by atoms with Crippen molar-refractivity contribution < 1.29 is 4.79 Å². The molecule has 1 amide bonds. The number of carbonyl (C=O) groups is 1. The Morgan fingerprint density at radius 1 is 1.20 bits per heavy atom. The standard InChI is InChI=1S/C18H18N4O2S/c23-16(21-8-6-19-7-9-21)11-22-12-20-17-14(18(22)24)10-15(25-17)13-4-2-1-3-5-13/h1-5,10,12,19H,6-9,11H2. The Hall–Kier alpha value is -2.51. The van der Waals surface area contributed by atoms with Gasteiger partial charge in [-0.3, -0.25) is 14.2 Å². The minimum absolute atomic E-state index is 0.0386. The molecule has 0 atom stereocenters. The zero-order valence-corrected chi connectivity index (χ0v) is 14.5. The lowest BCUT2D eigenvalue weighted by Crippen LogP contribution is -2.48. The van der Waals surface area contributed by atoms with Crippen molar-refractivity contribution in [1.82, 2.24) is 19.8 Å². The highest BCUT2D eigenvalue weighted by molar-refractivity contribution is 7.21. The van der Waals surface area contributed by atoms with Gasteiger partial charge in [-0.25, -0.2) is 4.98 Å². The highest BCUT2D eigenvalue weighted by Gasteiger charge is 2.18. The van der Waals surface area contributed by atoms with Crippen LogP contribution in [-0.4, -0.2) is 46.5 Å². The van der Waals surface area contributed by atoms with Crippen LogP contribution in [0, 0.1) is 0 Å². The van der Waals surface area contributed by atoms with Crippen LogP contribution < -0.4 is 10.9 Å². The number of carbonyl (C=O) groups excluding carboxylic acids is 1. The minimum atomic E-state index is -0.160. The predicted molar refractivity (Wildman–Crippen MR) is 98.8 cm³/mol. The number of nitrogens with zero attached hydrogens (tertiary/aromatic N) is 3. The molecule has 0 aliphatic carbocycles. The normalized spacial score (nSPS) is 14.8. The van der Waals surface area contributed by atoms with Crippen molar-refractivity contribution in [3.63, 3.8) is 0 Å². The van der Waals surface area contributed by atoms with Gasteiger partial charge < -0.3 is 10.2 Å². The lowest BCUT2D eigenvalue weighted by atomic mass is 10.2. The Labute approximate surface area is 148 Å². The van der Waals surface area contributed by atoms with E-state index in [1.165, 1.54) is 22.2 Å². The molecular formula is C18H18N4O2S. The van der Waals surface area contributed by atoms with Crippen molar-refractivity contribution >= 4 is 27.5 Å². The third-order valence-electron chi connectivity index (χ3n) is 4.35. The van der Waals surface area contributed by atoms with Crippen molar-refractivity contribution in [3.05, 3.63) is 53.1 Å². The summed E-state index contributed by atoms with van der Waals surface area (Å²) < 4.78 is 1.41. The van der Waals surface area contributed by atoms with Gasteiger partial charge in [0.1, 0.15) is 11.4 Å². The molecule has 0 spiro atoms. The summed E-state index contributed by atoms with van der Waals surface area (Å²) in [5, 5.41) is 3.78. The maximum atomic E-state index is 12.7. The maximum absolute atomic E-state index is 12.7. The number of aromatic nitrogens is 2. The lowest BCUT2D eigenvalue weighted by Gasteiger charge is -2.27. The van der Waals surface area contributed by atoms with Crippen LogP contribution in [-0.2, 0) is 11.3 Å². The van der Waals surface area contributed by atoms with E-state index in [1.54, 1.807) is 4.90 Å². The Kier molecular flexibility index (Phi) is 4.33. The first-order chi connectivity index (χ1) is 12.2. The third kappa shape index (κ3) is 3.20. The van der Waals surface area contributed by atoms with Gasteiger partial charge in [-0.2, -0.15) is 0 Å².